The van der Waals surface area contributed by atoms with Crippen LogP contribution in [0.25, 0.3) is 0 Å². The largest absolute Gasteiger partial charge is 0.480 e. The first kappa shape index (κ1) is 14.1. The Morgan fingerprint density at radius 1 is 1.40 bits per heavy atom. The quantitative estimate of drug-likeness (QED) is 0.673. The van der Waals surface area contributed by atoms with E-state index in [9.17, 15) is 9.59 Å². The third-order valence-corrected chi connectivity index (χ3v) is 1.61. The number of rotatable bonds is 6. The molecule has 0 amide bonds. The molecule has 5 nitrogen and oxygen atoms in total. The van der Waals surface area contributed by atoms with Crippen LogP contribution in [0, 0.1) is 5.41 Å². The standard InChI is InChI=1S/C10H19NO4/c1-10(2,3)4-7(12)5-15-6-8(11)9(13)14/h8H,4-6,11H2,1-3H3,(H,13,14)/t8-/m0/s1. The summed E-state index contributed by atoms with van der Waals surface area (Å²) in [5.41, 5.74) is 5.12. The van der Waals surface area contributed by atoms with E-state index in [0.717, 1.165) is 0 Å². The van der Waals surface area contributed by atoms with Gasteiger partial charge in [0.25, 0.3) is 0 Å². The lowest BCUT2D eigenvalue weighted by Gasteiger charge is -2.16. The zero-order chi connectivity index (χ0) is 12.1. The van der Waals surface area contributed by atoms with Crippen molar-refractivity contribution < 1.29 is 19.4 Å². The fraction of sp³-hybridized carbons (Fsp3) is 0.800. The normalized spacial score (nSPS) is 13.6. The van der Waals surface area contributed by atoms with E-state index in [-0.39, 0.29) is 24.4 Å². The SMILES string of the molecule is CC(C)(C)CC(=O)COC[C@H](N)C(=O)O. The molecule has 0 fully saturated rings. The van der Waals surface area contributed by atoms with Crippen LogP contribution in [0.5, 0.6) is 0 Å². The van der Waals surface area contributed by atoms with Crippen LogP contribution in [-0.2, 0) is 14.3 Å². The van der Waals surface area contributed by atoms with Crippen molar-refractivity contribution in [2.75, 3.05) is 13.2 Å². The van der Waals surface area contributed by atoms with Crippen molar-refractivity contribution in [1.82, 2.24) is 0 Å². The minimum atomic E-state index is -1.13. The first-order valence-electron chi connectivity index (χ1n) is 4.80. The summed E-state index contributed by atoms with van der Waals surface area (Å²) in [6, 6.07) is -1.06. The second-order valence-corrected chi connectivity index (χ2v) is 4.74. The van der Waals surface area contributed by atoms with Crippen LogP contribution < -0.4 is 5.73 Å². The van der Waals surface area contributed by atoms with Gasteiger partial charge in [0.15, 0.2) is 5.78 Å². The maximum absolute atomic E-state index is 11.3. The maximum Gasteiger partial charge on any atom is 0.322 e. The van der Waals surface area contributed by atoms with Crippen LogP contribution in [0.4, 0.5) is 0 Å². The Hall–Kier alpha value is -0.940. The molecule has 0 aromatic rings. The van der Waals surface area contributed by atoms with E-state index in [1.165, 1.54) is 0 Å². The van der Waals surface area contributed by atoms with E-state index < -0.39 is 12.0 Å². The van der Waals surface area contributed by atoms with Gasteiger partial charge in [0.2, 0.25) is 0 Å². The molecule has 0 aliphatic rings. The first-order valence-corrected chi connectivity index (χ1v) is 4.80. The molecule has 88 valence electrons. The van der Waals surface area contributed by atoms with Crippen molar-refractivity contribution in [3.8, 4) is 0 Å². The Morgan fingerprint density at radius 2 is 1.93 bits per heavy atom. The topological polar surface area (TPSA) is 89.6 Å². The van der Waals surface area contributed by atoms with Gasteiger partial charge in [0, 0.05) is 6.42 Å². The zero-order valence-corrected chi connectivity index (χ0v) is 9.45. The molecule has 0 rings (SSSR count). The Bertz CT molecular complexity index is 232. The molecule has 15 heavy (non-hydrogen) atoms. The van der Waals surface area contributed by atoms with Gasteiger partial charge in [-0.25, -0.2) is 0 Å². The number of carbonyl (C=O) groups excluding carboxylic acids is 1. The summed E-state index contributed by atoms with van der Waals surface area (Å²) in [6.07, 6.45) is 0.412. The van der Waals surface area contributed by atoms with Crippen molar-refractivity contribution in [3.63, 3.8) is 0 Å². The number of ether oxygens (including phenoxy) is 1. The van der Waals surface area contributed by atoms with Gasteiger partial charge in [0.05, 0.1) is 6.61 Å². The van der Waals surface area contributed by atoms with E-state index in [1.54, 1.807) is 0 Å². The van der Waals surface area contributed by atoms with Crippen molar-refractivity contribution >= 4 is 11.8 Å². The number of ketones is 1. The lowest BCUT2D eigenvalue weighted by molar-refractivity contribution is -0.141. The third-order valence-electron chi connectivity index (χ3n) is 1.61. The summed E-state index contributed by atoms with van der Waals surface area (Å²) in [6.45, 7) is 5.65. The van der Waals surface area contributed by atoms with Gasteiger partial charge in [-0.3, -0.25) is 9.59 Å². The Labute approximate surface area is 89.6 Å². The van der Waals surface area contributed by atoms with Gasteiger partial charge in [-0.15, -0.1) is 0 Å². The summed E-state index contributed by atoms with van der Waals surface area (Å²) in [4.78, 5) is 21.6. The summed E-state index contributed by atoms with van der Waals surface area (Å²) in [5, 5.41) is 8.44. The molecule has 0 bridgehead atoms. The second-order valence-electron chi connectivity index (χ2n) is 4.74. The van der Waals surface area contributed by atoms with E-state index in [4.69, 9.17) is 15.6 Å². The Kier molecular flexibility index (Phi) is 5.46. The molecule has 0 radical (unpaired) electrons. The van der Waals surface area contributed by atoms with Crippen LogP contribution in [0.3, 0.4) is 0 Å². The third kappa shape index (κ3) is 8.08. The minimum absolute atomic E-state index is 0.0416. The molecule has 3 N–H and O–H groups in total. The molecule has 0 saturated carbocycles. The lowest BCUT2D eigenvalue weighted by atomic mass is 9.90. The minimum Gasteiger partial charge on any atom is -0.480 e. The summed E-state index contributed by atoms with van der Waals surface area (Å²) in [7, 11) is 0. The van der Waals surface area contributed by atoms with Crippen LogP contribution in [0.2, 0.25) is 0 Å². The number of carbonyl (C=O) groups is 2. The van der Waals surface area contributed by atoms with Crippen molar-refractivity contribution in [2.45, 2.75) is 33.2 Å². The molecule has 0 spiro atoms. The molecule has 0 aromatic carbocycles. The van der Waals surface area contributed by atoms with E-state index >= 15 is 0 Å². The van der Waals surface area contributed by atoms with Crippen LogP contribution in [0.15, 0.2) is 0 Å². The van der Waals surface area contributed by atoms with Crippen molar-refractivity contribution in [3.05, 3.63) is 0 Å². The van der Waals surface area contributed by atoms with Gasteiger partial charge in [0.1, 0.15) is 12.6 Å². The Morgan fingerprint density at radius 3 is 2.33 bits per heavy atom. The van der Waals surface area contributed by atoms with Crippen molar-refractivity contribution in [2.24, 2.45) is 11.1 Å². The summed E-state index contributed by atoms with van der Waals surface area (Å²) >= 11 is 0. The number of nitrogens with two attached hydrogens (primary N) is 1. The number of carboxylic acids is 1. The highest BCUT2D eigenvalue weighted by atomic mass is 16.5. The molecule has 0 unspecified atom stereocenters. The highest BCUT2D eigenvalue weighted by Crippen LogP contribution is 2.18. The average Bonchev–Trinajstić information content (AvgIpc) is 2.00. The molecule has 0 aliphatic heterocycles. The van der Waals surface area contributed by atoms with Gasteiger partial charge in [-0.2, -0.15) is 0 Å². The monoisotopic (exact) mass is 217 g/mol. The number of aliphatic carboxylic acids is 1. The molecular formula is C10H19NO4. The van der Waals surface area contributed by atoms with Crippen LogP contribution >= 0.6 is 0 Å². The fourth-order valence-electron chi connectivity index (χ4n) is 1.01. The summed E-state index contributed by atoms with van der Waals surface area (Å²) in [5.74, 6) is -1.17. The van der Waals surface area contributed by atoms with E-state index in [0.29, 0.717) is 6.42 Å². The molecular weight excluding hydrogens is 198 g/mol. The van der Waals surface area contributed by atoms with Gasteiger partial charge in [-0.1, -0.05) is 20.8 Å². The Balaban J connectivity index is 3.69. The van der Waals surface area contributed by atoms with Crippen LogP contribution in [0.1, 0.15) is 27.2 Å². The lowest BCUT2D eigenvalue weighted by Crippen LogP contribution is -2.35. The van der Waals surface area contributed by atoms with Gasteiger partial charge >= 0.3 is 5.97 Å². The fourth-order valence-corrected chi connectivity index (χ4v) is 1.01. The van der Waals surface area contributed by atoms with Crippen LogP contribution in [-0.4, -0.2) is 36.1 Å². The molecule has 0 saturated heterocycles. The molecule has 0 aromatic heterocycles. The van der Waals surface area contributed by atoms with Crippen molar-refractivity contribution in [1.29, 1.82) is 0 Å². The number of hydrogen-bond donors (Lipinski definition) is 2. The first-order chi connectivity index (χ1) is 6.72. The van der Waals surface area contributed by atoms with Gasteiger partial charge in [-0.05, 0) is 5.41 Å². The molecule has 0 aliphatic carbocycles. The maximum atomic E-state index is 11.3. The number of Topliss-reactive ketones (excluding diaryl/α,β-unsaturated/α-hetero) is 1. The number of carboxylic acid groups (broad SMARTS) is 1. The molecule has 0 heterocycles. The van der Waals surface area contributed by atoms with E-state index in [2.05, 4.69) is 0 Å². The van der Waals surface area contributed by atoms with E-state index in [1.807, 2.05) is 20.8 Å². The second kappa shape index (κ2) is 5.82. The molecule has 5 heteroatoms. The molecule has 1 atom stereocenters. The highest BCUT2D eigenvalue weighted by Gasteiger charge is 2.17. The predicted molar refractivity (Wildman–Crippen MR) is 55.5 cm³/mol. The number of hydrogen-bond acceptors (Lipinski definition) is 4. The zero-order valence-electron chi connectivity index (χ0n) is 9.45. The highest BCUT2D eigenvalue weighted by molar-refractivity contribution is 5.80. The smallest absolute Gasteiger partial charge is 0.322 e. The predicted octanol–water partition coefficient (Wildman–Crippen LogP) is 0.420. The van der Waals surface area contributed by atoms with Gasteiger partial charge < -0.3 is 15.6 Å². The summed E-state index contributed by atoms with van der Waals surface area (Å²) < 4.78 is 4.91. The average molecular weight is 217 g/mol.